The Bertz CT molecular complexity index is 1160. The number of aromatic nitrogens is 3. The van der Waals surface area contributed by atoms with Gasteiger partial charge in [0.15, 0.2) is 5.69 Å². The maximum absolute atomic E-state index is 13.3. The van der Waals surface area contributed by atoms with E-state index in [0.29, 0.717) is 37.7 Å². The number of carbonyl (C=O) groups excluding carboxylic acids is 1. The molecule has 2 heterocycles. The molecule has 1 aliphatic rings. The first-order valence-corrected chi connectivity index (χ1v) is 13.7. The molecule has 0 atom stereocenters. The molecule has 1 aliphatic carbocycles. The fourth-order valence-electron chi connectivity index (χ4n) is 4.14. The Labute approximate surface area is 235 Å². The first-order valence-electron chi connectivity index (χ1n) is 12.6. The first-order chi connectivity index (χ1) is 18.2. The number of amides is 1. The van der Waals surface area contributed by atoms with E-state index in [4.69, 9.17) is 24.8 Å². The number of nitrogens with one attached hydrogen (secondary N) is 2. The fraction of sp³-hybridized carbons (Fsp3) is 0.640. The molecule has 3 rings (SSSR count). The van der Waals surface area contributed by atoms with Crippen molar-refractivity contribution in [2.75, 3.05) is 18.4 Å². The highest BCUT2D eigenvalue weighted by Crippen LogP contribution is 2.38. The lowest BCUT2D eigenvalue weighted by Crippen LogP contribution is -2.45. The van der Waals surface area contributed by atoms with E-state index in [2.05, 4.69) is 27.6 Å². The Kier molecular flexibility index (Phi) is 11.8. The smallest absolute Gasteiger partial charge is 0.387 e. The second-order valence-electron chi connectivity index (χ2n) is 10.8. The van der Waals surface area contributed by atoms with Crippen LogP contribution in [0.1, 0.15) is 70.8 Å². The lowest BCUT2D eigenvalue weighted by molar-refractivity contribution is -0.0494. The molecule has 1 amide bonds. The van der Waals surface area contributed by atoms with Crippen molar-refractivity contribution in [1.82, 2.24) is 20.1 Å². The van der Waals surface area contributed by atoms with Crippen LogP contribution in [0.2, 0.25) is 5.02 Å². The van der Waals surface area contributed by atoms with Crippen LogP contribution in [0.25, 0.3) is 11.3 Å². The maximum atomic E-state index is 13.3. The Morgan fingerprint density at radius 2 is 1.95 bits per heavy atom. The third-order valence-electron chi connectivity index (χ3n) is 6.33. The van der Waals surface area contributed by atoms with E-state index < -0.39 is 29.7 Å². The Hall–Kier alpha value is -2.64. The lowest BCUT2D eigenvalue weighted by Gasteiger charge is -2.34. The van der Waals surface area contributed by atoms with Crippen molar-refractivity contribution >= 4 is 34.9 Å². The zero-order valence-electron chi connectivity index (χ0n) is 22.7. The van der Waals surface area contributed by atoms with E-state index in [1.165, 1.54) is 16.9 Å². The highest BCUT2D eigenvalue weighted by molar-refractivity contribution is 7.51. The molecule has 2 aromatic heterocycles. The number of aliphatic hydroxyl groups is 1. The molecule has 3 N–H and O–H groups in total. The Morgan fingerprint density at radius 1 is 1.33 bits per heavy atom. The molecule has 10 nitrogen and oxygen atoms in total. The van der Waals surface area contributed by atoms with Crippen LogP contribution >= 0.6 is 11.6 Å². The van der Waals surface area contributed by atoms with Crippen molar-refractivity contribution in [2.45, 2.75) is 79.1 Å². The molecule has 14 heteroatoms. The second-order valence-corrected chi connectivity index (χ2v) is 11.4. The van der Waals surface area contributed by atoms with Crippen molar-refractivity contribution in [3.63, 3.8) is 0 Å². The number of rotatable bonds is 9. The van der Waals surface area contributed by atoms with Crippen LogP contribution in [0.15, 0.2) is 12.3 Å². The van der Waals surface area contributed by atoms with Gasteiger partial charge in [0.05, 0.1) is 21.9 Å². The molecule has 1 saturated carbocycles. The van der Waals surface area contributed by atoms with Crippen LogP contribution in [0, 0.1) is 11.3 Å². The molecule has 0 spiro atoms. The molecule has 2 aromatic rings. The standard InChI is InChI=1S/C25H36ClF2N5O3.O2S/c1-6-33-21(16-12-29-18(30-13-24(3,4)5)11-17(16)36-23(27)28)19(26)20(32-33)22(34)31-14-25(35)9-7-15(2)8-10-25;1-3-2/h11-12,15,23,35H,6-10,13-14H2,1-5H3,(H,29,30)(H,31,34);. The molecule has 0 saturated heterocycles. The van der Waals surface area contributed by atoms with E-state index in [1.807, 2.05) is 20.8 Å². The van der Waals surface area contributed by atoms with Gasteiger partial charge in [0.1, 0.15) is 11.6 Å². The third-order valence-corrected chi connectivity index (χ3v) is 6.69. The van der Waals surface area contributed by atoms with Crippen LogP contribution in [-0.2, 0) is 18.1 Å². The average molecular weight is 592 g/mol. The second kappa shape index (κ2) is 14.1. The highest BCUT2D eigenvalue weighted by atomic mass is 35.5. The van der Waals surface area contributed by atoms with E-state index in [1.54, 1.807) is 6.92 Å². The fourth-order valence-corrected chi connectivity index (χ4v) is 4.46. The topological polar surface area (TPSA) is 135 Å². The van der Waals surface area contributed by atoms with Gasteiger partial charge in [-0.1, -0.05) is 39.3 Å². The maximum Gasteiger partial charge on any atom is 0.387 e. The zero-order chi connectivity index (χ0) is 29.4. The number of aryl methyl sites for hydroxylation is 1. The zero-order valence-corrected chi connectivity index (χ0v) is 24.3. The summed E-state index contributed by atoms with van der Waals surface area (Å²) in [6.07, 6.45) is 4.37. The molecule has 0 unspecified atom stereocenters. The minimum Gasteiger partial charge on any atom is -0.434 e. The van der Waals surface area contributed by atoms with Gasteiger partial charge in [0, 0.05) is 31.9 Å². The van der Waals surface area contributed by atoms with E-state index in [-0.39, 0.29) is 39.7 Å². The molecule has 0 aromatic carbocycles. The molecule has 39 heavy (non-hydrogen) atoms. The minimum absolute atomic E-state index is 0.00470. The van der Waals surface area contributed by atoms with Crippen LogP contribution < -0.4 is 15.4 Å². The number of pyridine rings is 1. The largest absolute Gasteiger partial charge is 0.434 e. The number of hydrogen-bond donors (Lipinski definition) is 3. The summed E-state index contributed by atoms with van der Waals surface area (Å²) in [6, 6.07) is 1.38. The predicted octanol–water partition coefficient (Wildman–Crippen LogP) is 4.68. The summed E-state index contributed by atoms with van der Waals surface area (Å²) in [4.78, 5) is 17.3. The van der Waals surface area contributed by atoms with Gasteiger partial charge in [-0.3, -0.25) is 9.48 Å². The number of halogens is 3. The minimum atomic E-state index is -3.07. The number of ether oxygens (including phenoxy) is 1. The van der Waals surface area contributed by atoms with E-state index >= 15 is 0 Å². The number of anilines is 1. The first kappa shape index (κ1) is 32.6. The van der Waals surface area contributed by atoms with Crippen molar-refractivity contribution < 1.29 is 31.8 Å². The van der Waals surface area contributed by atoms with Gasteiger partial charge < -0.3 is 20.5 Å². The van der Waals surface area contributed by atoms with Gasteiger partial charge >= 0.3 is 18.2 Å². The van der Waals surface area contributed by atoms with Gasteiger partial charge in [0.2, 0.25) is 0 Å². The molecular weight excluding hydrogens is 556 g/mol. The average Bonchev–Trinajstić information content (AvgIpc) is 3.19. The SMILES string of the molecule is CCn1nc(C(=O)NCC2(O)CCC(C)CC2)c(Cl)c1-c1cnc(NCC(C)(C)C)cc1OC(F)F.O=S=O. The molecule has 0 radical (unpaired) electrons. The van der Waals surface area contributed by atoms with E-state index in [9.17, 15) is 18.7 Å². The Balaban J connectivity index is 0.00000170. The molecular formula is C25H36ClF2N5O5S. The van der Waals surface area contributed by atoms with Gasteiger partial charge in [-0.05, 0) is 43.9 Å². The van der Waals surface area contributed by atoms with Gasteiger partial charge in [-0.2, -0.15) is 22.3 Å². The van der Waals surface area contributed by atoms with E-state index in [0.717, 1.165) is 12.8 Å². The number of hydrogen-bond acceptors (Lipinski definition) is 8. The molecule has 218 valence electrons. The molecule has 0 aliphatic heterocycles. The van der Waals surface area contributed by atoms with Crippen molar-refractivity contribution in [3.8, 4) is 17.0 Å². The summed E-state index contributed by atoms with van der Waals surface area (Å²) in [5.41, 5.74) is -0.642. The van der Waals surface area contributed by atoms with Crippen molar-refractivity contribution in [2.24, 2.45) is 11.3 Å². The van der Waals surface area contributed by atoms with Crippen molar-refractivity contribution in [1.29, 1.82) is 0 Å². The monoisotopic (exact) mass is 591 g/mol. The summed E-state index contributed by atoms with van der Waals surface area (Å²) < 4.78 is 49.4. The normalized spacial score (nSPS) is 19.2. The van der Waals surface area contributed by atoms with Crippen LogP contribution in [0.4, 0.5) is 14.6 Å². The van der Waals surface area contributed by atoms with Gasteiger partial charge in [0.25, 0.3) is 5.91 Å². The highest BCUT2D eigenvalue weighted by Gasteiger charge is 2.33. The van der Waals surface area contributed by atoms with Gasteiger partial charge in [-0.15, -0.1) is 0 Å². The number of nitrogens with zero attached hydrogens (tertiary/aromatic N) is 3. The van der Waals surface area contributed by atoms with Crippen molar-refractivity contribution in [3.05, 3.63) is 23.0 Å². The summed E-state index contributed by atoms with van der Waals surface area (Å²) in [5.74, 6) is 0.237. The summed E-state index contributed by atoms with van der Waals surface area (Å²) in [7, 11) is 0. The number of carbonyl (C=O) groups is 1. The van der Waals surface area contributed by atoms with Gasteiger partial charge in [-0.25, -0.2) is 4.98 Å². The molecule has 0 bridgehead atoms. The molecule has 1 fully saturated rings. The third kappa shape index (κ3) is 9.50. The predicted molar refractivity (Wildman–Crippen MR) is 145 cm³/mol. The quantitative estimate of drug-likeness (QED) is 0.382. The van der Waals surface area contributed by atoms with Crippen LogP contribution in [-0.4, -0.2) is 59.5 Å². The Morgan fingerprint density at radius 3 is 2.49 bits per heavy atom. The summed E-state index contributed by atoms with van der Waals surface area (Å²) >= 11 is 5.84. The summed E-state index contributed by atoms with van der Waals surface area (Å²) in [5, 5.41) is 21.0. The summed E-state index contributed by atoms with van der Waals surface area (Å²) in [6.45, 7) is 7.93. The lowest BCUT2D eigenvalue weighted by atomic mass is 9.79. The van der Waals surface area contributed by atoms with Crippen LogP contribution in [0.3, 0.4) is 0 Å². The van der Waals surface area contributed by atoms with Crippen LogP contribution in [0.5, 0.6) is 5.75 Å². The number of alkyl halides is 2.